The van der Waals surface area contributed by atoms with Crippen LogP contribution in [0.1, 0.15) is 12.7 Å². The van der Waals surface area contributed by atoms with Crippen LogP contribution in [0.5, 0.6) is 0 Å². The number of carbonyl (C=O) groups is 1. The molecule has 0 radical (unpaired) electrons. The third-order valence-corrected chi connectivity index (χ3v) is 5.22. The van der Waals surface area contributed by atoms with E-state index in [9.17, 15) is 13.2 Å². The minimum atomic E-state index is -3.89. The van der Waals surface area contributed by atoms with Crippen molar-refractivity contribution in [2.24, 2.45) is 0 Å². The summed E-state index contributed by atoms with van der Waals surface area (Å²) in [6, 6.07) is 6.33. The van der Waals surface area contributed by atoms with Crippen molar-refractivity contribution in [3.05, 3.63) is 52.4 Å². The Balaban J connectivity index is 2.01. The van der Waals surface area contributed by atoms with Gasteiger partial charge in [-0.3, -0.25) is 4.79 Å². The normalized spacial score (nSPS) is 12.8. The highest BCUT2D eigenvalue weighted by Gasteiger charge is 2.22. The van der Waals surface area contributed by atoms with Gasteiger partial charge in [0.15, 0.2) is 0 Å². The van der Waals surface area contributed by atoms with Crippen molar-refractivity contribution in [2.75, 3.05) is 0 Å². The number of furan rings is 1. The highest BCUT2D eigenvalue weighted by atomic mass is 35.5. The highest BCUT2D eigenvalue weighted by Crippen LogP contribution is 2.24. The van der Waals surface area contributed by atoms with Crippen LogP contribution in [0, 0.1) is 0 Å². The Labute approximate surface area is 143 Å². The van der Waals surface area contributed by atoms with Gasteiger partial charge in [-0.05, 0) is 37.3 Å². The molecule has 124 valence electrons. The summed E-state index contributed by atoms with van der Waals surface area (Å²) in [6.07, 6.45) is 1.48. The van der Waals surface area contributed by atoms with E-state index < -0.39 is 22.0 Å². The number of hydrogen-bond donors (Lipinski definition) is 2. The summed E-state index contributed by atoms with van der Waals surface area (Å²) in [7, 11) is -3.89. The first-order valence-corrected chi connectivity index (χ1v) is 8.81. The first-order chi connectivity index (χ1) is 10.8. The molecule has 0 saturated heterocycles. The maximum Gasteiger partial charge on any atom is 0.241 e. The Morgan fingerprint density at radius 2 is 2.00 bits per heavy atom. The van der Waals surface area contributed by atoms with Crippen molar-refractivity contribution in [1.29, 1.82) is 0 Å². The van der Waals surface area contributed by atoms with Crippen LogP contribution in [0.15, 0.2) is 45.9 Å². The van der Waals surface area contributed by atoms with Crippen LogP contribution in [0.3, 0.4) is 0 Å². The average Bonchev–Trinajstić information content (AvgIpc) is 3.00. The zero-order valence-electron chi connectivity index (χ0n) is 12.0. The summed E-state index contributed by atoms with van der Waals surface area (Å²) in [5, 5.41) is 2.93. The number of benzene rings is 1. The molecule has 0 unspecified atom stereocenters. The molecule has 0 bridgehead atoms. The molecule has 0 spiro atoms. The summed E-state index contributed by atoms with van der Waals surface area (Å²) >= 11 is 11.6. The van der Waals surface area contributed by atoms with Gasteiger partial charge in [0, 0.05) is 0 Å². The molecule has 0 aliphatic heterocycles. The molecule has 1 aromatic heterocycles. The summed E-state index contributed by atoms with van der Waals surface area (Å²) < 4.78 is 31.8. The van der Waals surface area contributed by atoms with Gasteiger partial charge >= 0.3 is 0 Å². The van der Waals surface area contributed by atoms with E-state index in [4.69, 9.17) is 27.6 Å². The van der Waals surface area contributed by atoms with Crippen LogP contribution in [-0.2, 0) is 21.4 Å². The Bertz CT molecular complexity index is 791. The van der Waals surface area contributed by atoms with E-state index in [-0.39, 0.29) is 21.5 Å². The van der Waals surface area contributed by atoms with Crippen LogP contribution in [0.2, 0.25) is 10.0 Å². The molecule has 1 amide bonds. The summed E-state index contributed by atoms with van der Waals surface area (Å²) in [5.41, 5.74) is 0. The minimum absolute atomic E-state index is 0.0717. The molecule has 1 heterocycles. The molecule has 0 aliphatic rings. The van der Waals surface area contributed by atoms with E-state index in [2.05, 4.69) is 10.0 Å². The average molecular weight is 377 g/mol. The summed E-state index contributed by atoms with van der Waals surface area (Å²) in [4.78, 5) is 11.9. The van der Waals surface area contributed by atoms with Crippen molar-refractivity contribution in [2.45, 2.75) is 24.4 Å². The van der Waals surface area contributed by atoms with E-state index in [1.807, 2.05) is 0 Å². The van der Waals surface area contributed by atoms with Crippen molar-refractivity contribution in [1.82, 2.24) is 10.0 Å². The van der Waals surface area contributed by atoms with Gasteiger partial charge in [0.25, 0.3) is 0 Å². The maximum atomic E-state index is 12.2. The smallest absolute Gasteiger partial charge is 0.241 e. The molecule has 2 N–H and O–H groups in total. The molecule has 1 atom stereocenters. The predicted molar refractivity (Wildman–Crippen MR) is 86.8 cm³/mol. The van der Waals surface area contributed by atoms with E-state index in [0.29, 0.717) is 5.76 Å². The van der Waals surface area contributed by atoms with E-state index in [0.717, 1.165) is 0 Å². The van der Waals surface area contributed by atoms with Crippen molar-refractivity contribution >= 4 is 39.1 Å². The van der Waals surface area contributed by atoms with E-state index in [1.54, 1.807) is 12.1 Å². The molecule has 2 aromatic rings. The third-order valence-electron chi connectivity index (χ3n) is 2.94. The first-order valence-electron chi connectivity index (χ1n) is 6.57. The van der Waals surface area contributed by atoms with Crippen molar-refractivity contribution < 1.29 is 17.6 Å². The van der Waals surface area contributed by atoms with Gasteiger partial charge in [-0.15, -0.1) is 0 Å². The van der Waals surface area contributed by atoms with Gasteiger partial charge in [-0.2, -0.15) is 4.72 Å². The van der Waals surface area contributed by atoms with Gasteiger partial charge in [-0.25, -0.2) is 8.42 Å². The second-order valence-electron chi connectivity index (χ2n) is 4.72. The Morgan fingerprint density at radius 3 is 2.61 bits per heavy atom. The Kier molecular flexibility index (Phi) is 5.69. The molecule has 6 nitrogen and oxygen atoms in total. The van der Waals surface area contributed by atoms with E-state index >= 15 is 0 Å². The fourth-order valence-corrected chi connectivity index (χ4v) is 3.33. The van der Waals surface area contributed by atoms with Crippen LogP contribution < -0.4 is 10.0 Å². The fourth-order valence-electron chi connectivity index (χ4n) is 1.74. The Morgan fingerprint density at radius 1 is 1.26 bits per heavy atom. The second-order valence-corrected chi connectivity index (χ2v) is 7.24. The molecule has 23 heavy (non-hydrogen) atoms. The van der Waals surface area contributed by atoms with Gasteiger partial charge in [0.2, 0.25) is 15.9 Å². The standard InChI is InChI=1S/C14H14Cl2N2O4S/c1-9(14(19)17-8-10-3-2-6-22-10)18-23(20,21)11-4-5-12(15)13(16)7-11/h2-7,9,18H,8H2,1H3,(H,17,19)/t9-/m1/s1. The molecule has 0 saturated carbocycles. The zero-order chi connectivity index (χ0) is 17.0. The largest absolute Gasteiger partial charge is 0.467 e. The number of carbonyl (C=O) groups excluding carboxylic acids is 1. The molecule has 1 aromatic carbocycles. The number of nitrogens with one attached hydrogen (secondary N) is 2. The van der Waals surface area contributed by atoms with Crippen molar-refractivity contribution in [3.63, 3.8) is 0 Å². The number of halogens is 2. The zero-order valence-corrected chi connectivity index (χ0v) is 14.4. The molecular weight excluding hydrogens is 363 g/mol. The van der Waals surface area contributed by atoms with Crippen LogP contribution in [0.25, 0.3) is 0 Å². The first kappa shape index (κ1) is 17.8. The SMILES string of the molecule is C[C@@H](NS(=O)(=O)c1ccc(Cl)c(Cl)c1)C(=O)NCc1ccco1. The second kappa shape index (κ2) is 7.35. The third kappa shape index (κ3) is 4.71. The maximum absolute atomic E-state index is 12.2. The minimum Gasteiger partial charge on any atom is -0.467 e. The molecule has 0 aliphatic carbocycles. The van der Waals surface area contributed by atoms with Crippen LogP contribution in [-0.4, -0.2) is 20.4 Å². The fraction of sp³-hybridized carbons (Fsp3) is 0.214. The quantitative estimate of drug-likeness (QED) is 0.810. The molecule has 0 fully saturated rings. The number of rotatable bonds is 6. The van der Waals surface area contributed by atoms with Gasteiger partial charge in [0.1, 0.15) is 5.76 Å². The lowest BCUT2D eigenvalue weighted by Gasteiger charge is -2.14. The Hall–Kier alpha value is -1.54. The number of amides is 1. The highest BCUT2D eigenvalue weighted by molar-refractivity contribution is 7.89. The van der Waals surface area contributed by atoms with Gasteiger partial charge in [-0.1, -0.05) is 23.2 Å². The summed E-state index contributed by atoms with van der Waals surface area (Å²) in [6.45, 7) is 1.61. The number of sulfonamides is 1. The lowest BCUT2D eigenvalue weighted by molar-refractivity contribution is -0.122. The number of hydrogen-bond acceptors (Lipinski definition) is 4. The van der Waals surface area contributed by atoms with Crippen molar-refractivity contribution in [3.8, 4) is 0 Å². The van der Waals surface area contributed by atoms with Crippen LogP contribution in [0.4, 0.5) is 0 Å². The van der Waals surface area contributed by atoms with Gasteiger partial charge in [0.05, 0.1) is 33.8 Å². The van der Waals surface area contributed by atoms with Gasteiger partial charge < -0.3 is 9.73 Å². The summed E-state index contributed by atoms with van der Waals surface area (Å²) in [5.74, 6) is 0.0860. The molecular formula is C14H14Cl2N2O4S. The lowest BCUT2D eigenvalue weighted by Crippen LogP contribution is -2.44. The molecule has 2 rings (SSSR count). The topological polar surface area (TPSA) is 88.4 Å². The lowest BCUT2D eigenvalue weighted by atomic mass is 10.3. The predicted octanol–water partition coefficient (Wildman–Crippen LogP) is 2.57. The van der Waals surface area contributed by atoms with E-state index in [1.165, 1.54) is 31.4 Å². The monoisotopic (exact) mass is 376 g/mol. The molecule has 9 heteroatoms. The van der Waals surface area contributed by atoms with Crippen LogP contribution >= 0.6 is 23.2 Å².